The zero-order valence-electron chi connectivity index (χ0n) is 35.3. The average Bonchev–Trinajstić information content (AvgIpc) is 3.76. The van der Waals surface area contributed by atoms with Crippen LogP contribution in [0.5, 0.6) is 5.88 Å². The number of aryl methyl sites for hydroxylation is 2. The minimum atomic E-state index is -0.676. The van der Waals surface area contributed by atoms with Crippen LogP contribution in [0.1, 0.15) is 87.8 Å². The van der Waals surface area contributed by atoms with Crippen molar-refractivity contribution >= 4 is 51.6 Å². The molecule has 2 amide bonds. The van der Waals surface area contributed by atoms with Gasteiger partial charge in [-0.25, -0.2) is 14.4 Å². The van der Waals surface area contributed by atoms with Crippen molar-refractivity contribution in [3.8, 4) is 5.88 Å². The number of piperidine rings is 2. The number of imide groups is 1. The number of hydrogen-bond acceptors (Lipinski definition) is 12. The monoisotopic (exact) mass is 836 g/mol. The molecule has 16 heteroatoms. The summed E-state index contributed by atoms with van der Waals surface area (Å²) in [4.78, 5) is 53.6. The van der Waals surface area contributed by atoms with E-state index in [9.17, 15) is 19.5 Å². The number of ether oxygens (including phenoxy) is 3. The zero-order chi connectivity index (χ0) is 42.3. The maximum atomic E-state index is 13.1. The number of carbonyl (C=O) groups excluding carboxylic acids is 2. The van der Waals surface area contributed by atoms with Crippen LogP contribution in [0, 0.1) is 5.92 Å². The number of aromatic nitrogens is 5. The Labute approximate surface area is 355 Å². The van der Waals surface area contributed by atoms with Gasteiger partial charge in [0.25, 0.3) is 0 Å². The minimum Gasteiger partial charge on any atom is -0.481 e. The highest BCUT2D eigenvalue weighted by Crippen LogP contribution is 2.41. The van der Waals surface area contributed by atoms with E-state index in [1.807, 2.05) is 36.5 Å². The van der Waals surface area contributed by atoms with Gasteiger partial charge >= 0.3 is 17.5 Å². The highest BCUT2D eigenvalue weighted by molar-refractivity contribution is 6.00. The number of imidazole rings is 1. The summed E-state index contributed by atoms with van der Waals surface area (Å²) in [5.41, 5.74) is 6.88. The normalized spacial score (nSPS) is 20.0. The van der Waals surface area contributed by atoms with E-state index >= 15 is 0 Å². The molecule has 4 aromatic rings. The topological polar surface area (TPSA) is 178 Å². The summed E-state index contributed by atoms with van der Waals surface area (Å²) in [5, 5.41) is 15.9. The van der Waals surface area contributed by atoms with Crippen LogP contribution in [0.25, 0.3) is 16.6 Å². The Morgan fingerprint density at radius 3 is 2.49 bits per heavy atom. The number of nitrogens with one attached hydrogen (secondary N) is 2. The van der Waals surface area contributed by atoms with Gasteiger partial charge in [-0.15, -0.1) is 0 Å². The molecule has 6 heterocycles. The third-order valence-electron chi connectivity index (χ3n) is 12.5. The first-order chi connectivity index (χ1) is 29.7. The summed E-state index contributed by atoms with van der Waals surface area (Å²) in [6.45, 7) is 5.44. The maximum Gasteiger partial charge on any atom is 0.343 e. The van der Waals surface area contributed by atoms with Crippen molar-refractivity contribution in [3.05, 3.63) is 70.5 Å². The largest absolute Gasteiger partial charge is 0.481 e. The Morgan fingerprint density at radius 1 is 0.902 bits per heavy atom. The van der Waals surface area contributed by atoms with Crippen LogP contribution in [0.4, 0.5) is 17.5 Å². The highest BCUT2D eigenvalue weighted by Gasteiger charge is 2.37. The molecule has 3 fully saturated rings. The predicted octanol–water partition coefficient (Wildman–Crippen LogP) is 4.79. The lowest BCUT2D eigenvalue weighted by molar-refractivity contribution is -0.364. The van der Waals surface area contributed by atoms with Gasteiger partial charge < -0.3 is 29.5 Å². The second-order valence-electron chi connectivity index (χ2n) is 16.5. The average molecular weight is 837 g/mol. The van der Waals surface area contributed by atoms with Gasteiger partial charge in [0.05, 0.1) is 55.3 Å². The van der Waals surface area contributed by atoms with E-state index in [-0.39, 0.29) is 24.1 Å². The standard InChI is InChI=1S/C45H57N9O7/c1-51-39-26-30(7-12-37(39)54(45(51)58)38-13-14-40(56)49-43(38)57)6-4-3-5-22-60-24-25-61-23-21-52-19-16-31(17-20-52)36-29-53(33-8-10-34(55)11-9-33)42-35(36)28-47-44(50-42)48-32-15-18-46-41(27-32)59-2/h7,12,15,18,26-29,31,34,38,55H,3-6,8-11,13-14,16-17,19-25H2,1-2H3,(H-,46,47,48,49,50,56,57)/p+1. The summed E-state index contributed by atoms with van der Waals surface area (Å²) in [5.74, 6) is 1.64. The van der Waals surface area contributed by atoms with Crippen LogP contribution in [-0.2, 0) is 32.5 Å². The number of benzene rings is 1. The number of methoxy groups -OCH3 is 1. The summed E-state index contributed by atoms with van der Waals surface area (Å²) in [7, 11) is 3.32. The molecule has 0 bridgehead atoms. The SMILES string of the molecule is COc1cc(Nc2ncc3c(n2)[N+](=C2CCC(O)CC2)C=C3C2CCN(CCOCCOCCCCCc3ccc4c(c3)n(C)c(=O)n4C3CCC(=O)NC3=O)CC2)ccn1. The second kappa shape index (κ2) is 19.6. The van der Waals surface area contributed by atoms with Gasteiger partial charge in [0.15, 0.2) is 0 Å². The molecule has 61 heavy (non-hydrogen) atoms. The number of aliphatic hydroxyl groups excluding tert-OH is 1. The van der Waals surface area contributed by atoms with E-state index < -0.39 is 11.9 Å². The van der Waals surface area contributed by atoms with Crippen molar-refractivity contribution in [1.82, 2.24) is 34.3 Å². The number of rotatable bonds is 17. The van der Waals surface area contributed by atoms with Crippen LogP contribution < -0.4 is 21.1 Å². The fraction of sp³-hybridized carbons (Fsp3) is 0.533. The van der Waals surface area contributed by atoms with E-state index in [0.717, 1.165) is 112 Å². The van der Waals surface area contributed by atoms with Gasteiger partial charge in [0.1, 0.15) is 12.2 Å². The smallest absolute Gasteiger partial charge is 0.343 e. The number of fused-ring (bicyclic) bond motifs is 2. The molecule has 16 nitrogen and oxygen atoms in total. The lowest BCUT2D eigenvalue weighted by atomic mass is 9.87. The van der Waals surface area contributed by atoms with E-state index in [2.05, 4.69) is 31.3 Å². The number of allylic oxidation sites excluding steroid dienone is 1. The number of likely N-dealkylation sites (tertiary alicyclic amines) is 1. The molecule has 0 spiro atoms. The molecule has 3 N–H and O–H groups in total. The summed E-state index contributed by atoms with van der Waals surface area (Å²) >= 11 is 0. The van der Waals surface area contributed by atoms with Gasteiger partial charge in [-0.3, -0.25) is 24.0 Å². The summed E-state index contributed by atoms with van der Waals surface area (Å²) in [6, 6.07) is 8.98. The molecule has 1 saturated carbocycles. The fourth-order valence-corrected chi connectivity index (χ4v) is 9.05. The predicted molar refractivity (Wildman–Crippen MR) is 230 cm³/mol. The van der Waals surface area contributed by atoms with Gasteiger partial charge in [-0.1, -0.05) is 12.5 Å². The maximum absolute atomic E-state index is 13.1. The molecule has 324 valence electrons. The lowest BCUT2D eigenvalue weighted by Gasteiger charge is -2.32. The van der Waals surface area contributed by atoms with E-state index in [1.54, 1.807) is 24.9 Å². The number of anilines is 2. The Morgan fingerprint density at radius 2 is 1.70 bits per heavy atom. The van der Waals surface area contributed by atoms with Crippen LogP contribution >= 0.6 is 0 Å². The third-order valence-corrected chi connectivity index (χ3v) is 12.5. The Bertz CT molecular complexity index is 2340. The van der Waals surface area contributed by atoms with Crippen LogP contribution in [0.3, 0.4) is 0 Å². The van der Waals surface area contributed by atoms with Crippen molar-refractivity contribution in [3.63, 3.8) is 0 Å². The fourth-order valence-electron chi connectivity index (χ4n) is 9.05. The molecule has 3 aliphatic heterocycles. The number of hydrogen-bond donors (Lipinski definition) is 3. The summed E-state index contributed by atoms with van der Waals surface area (Å²) < 4.78 is 22.5. The van der Waals surface area contributed by atoms with Crippen molar-refractivity contribution in [2.45, 2.75) is 89.2 Å². The molecular weight excluding hydrogens is 779 g/mol. The number of carbonyl (C=O) groups is 2. The zero-order valence-corrected chi connectivity index (χ0v) is 35.3. The molecular formula is C45H58N9O7+. The Kier molecular flexibility index (Phi) is 13.6. The van der Waals surface area contributed by atoms with Crippen molar-refractivity contribution in [2.24, 2.45) is 13.0 Å². The van der Waals surface area contributed by atoms with E-state index in [1.165, 1.54) is 15.9 Å². The number of unbranched alkanes of at least 4 members (excludes halogenated alkanes) is 2. The molecule has 8 rings (SSSR count). The lowest BCUT2D eigenvalue weighted by Crippen LogP contribution is -2.44. The van der Waals surface area contributed by atoms with E-state index in [4.69, 9.17) is 24.2 Å². The van der Waals surface area contributed by atoms with Crippen LogP contribution in [0.15, 0.2) is 53.7 Å². The number of aliphatic hydroxyl groups is 1. The molecule has 2 saturated heterocycles. The molecule has 4 aliphatic rings. The van der Waals surface area contributed by atoms with Crippen molar-refractivity contribution < 1.29 is 33.5 Å². The highest BCUT2D eigenvalue weighted by atomic mass is 16.5. The Balaban J connectivity index is 0.732. The van der Waals surface area contributed by atoms with Gasteiger partial charge in [0.2, 0.25) is 17.7 Å². The van der Waals surface area contributed by atoms with Crippen molar-refractivity contribution in [2.75, 3.05) is 58.5 Å². The molecule has 1 aliphatic carbocycles. The number of nitrogens with zero attached hydrogens (tertiary/aromatic N) is 7. The van der Waals surface area contributed by atoms with E-state index in [0.29, 0.717) is 56.1 Å². The first kappa shape index (κ1) is 42.4. The minimum absolute atomic E-state index is 0.224. The third kappa shape index (κ3) is 9.93. The van der Waals surface area contributed by atoms with Gasteiger partial charge in [-0.05, 0) is 99.1 Å². The molecule has 3 aromatic heterocycles. The molecule has 1 atom stereocenters. The first-order valence-corrected chi connectivity index (χ1v) is 21.8. The summed E-state index contributed by atoms with van der Waals surface area (Å²) in [6.07, 6.45) is 15.5. The molecule has 0 radical (unpaired) electrons. The van der Waals surface area contributed by atoms with Crippen molar-refractivity contribution in [1.29, 1.82) is 0 Å². The number of amides is 2. The quantitative estimate of drug-likeness (QED) is 0.0755. The van der Waals surface area contributed by atoms with Crippen LogP contribution in [-0.4, -0.2) is 115 Å². The molecule has 1 aromatic carbocycles. The van der Waals surface area contributed by atoms with Crippen LogP contribution in [0.2, 0.25) is 0 Å². The first-order valence-electron chi connectivity index (χ1n) is 21.8. The molecule has 1 unspecified atom stereocenters. The Hall–Kier alpha value is -5.29. The van der Waals surface area contributed by atoms with Gasteiger partial charge in [0, 0.05) is 69.2 Å². The second-order valence-corrected chi connectivity index (χ2v) is 16.5. The number of pyridine rings is 1. The van der Waals surface area contributed by atoms with Gasteiger partial charge in [-0.2, -0.15) is 4.98 Å².